The lowest BCUT2D eigenvalue weighted by Crippen LogP contribution is -2.27. The maximum atomic E-state index is 11.7. The Morgan fingerprint density at radius 2 is 2.06 bits per heavy atom. The number of sulfonamides is 1. The molecule has 4 N–H and O–H groups in total. The first-order valence-corrected chi connectivity index (χ1v) is 7.19. The van der Waals surface area contributed by atoms with Gasteiger partial charge in [0, 0.05) is 17.8 Å². The number of hydrogen-bond donors (Lipinski definition) is 3. The molecule has 9 heteroatoms. The lowest BCUT2D eigenvalue weighted by Gasteiger charge is -2.02. The van der Waals surface area contributed by atoms with E-state index in [9.17, 15) is 18.0 Å². The summed E-state index contributed by atoms with van der Waals surface area (Å²) in [5.41, 5.74) is 4.88. The van der Waals surface area contributed by atoms with Gasteiger partial charge in [0.05, 0.1) is 6.42 Å². The molecule has 0 atom stereocenters. The highest BCUT2D eigenvalue weighted by Gasteiger charge is 2.17. The van der Waals surface area contributed by atoms with Crippen LogP contribution in [0.3, 0.4) is 0 Å². The number of rotatable bonds is 7. The number of carboxylic acid groups (broad SMARTS) is 1. The molecule has 1 rings (SSSR count). The summed E-state index contributed by atoms with van der Waals surface area (Å²) >= 11 is 0.880. The van der Waals surface area contributed by atoms with Crippen LogP contribution in [0.25, 0.3) is 0 Å². The summed E-state index contributed by atoms with van der Waals surface area (Å²) in [6.07, 6.45) is -0.311. The zero-order valence-electron chi connectivity index (χ0n) is 9.25. The van der Waals surface area contributed by atoms with E-state index in [1.54, 1.807) is 0 Å². The minimum Gasteiger partial charge on any atom is -0.481 e. The average Bonchev–Trinajstić information content (AvgIpc) is 2.64. The van der Waals surface area contributed by atoms with Crippen LogP contribution < -0.4 is 10.5 Å². The van der Waals surface area contributed by atoms with Crippen molar-refractivity contribution in [3.05, 3.63) is 17.0 Å². The van der Waals surface area contributed by atoms with E-state index in [0.29, 0.717) is 4.88 Å². The van der Waals surface area contributed by atoms with Crippen molar-refractivity contribution >= 4 is 33.2 Å². The Bertz CT molecular complexity index is 549. The molecule has 0 saturated carbocycles. The Morgan fingerprint density at radius 3 is 2.61 bits per heavy atom. The summed E-state index contributed by atoms with van der Waals surface area (Å²) in [5.74, 6) is -1.63. The molecule has 0 aliphatic rings. The molecule has 0 aliphatic carbocycles. The standard InChI is InChI=1S/C9H12N2O5S2/c10-7(12)3-4-11-18(15,16)9-2-1-6(17-9)5-8(13)14/h1-2,11H,3-5H2,(H2,10,12)(H,13,14). The van der Waals surface area contributed by atoms with Crippen molar-refractivity contribution in [3.8, 4) is 0 Å². The third-order valence-corrected chi connectivity index (χ3v) is 4.93. The molecule has 0 aliphatic heterocycles. The minimum absolute atomic E-state index is 0.0169. The third kappa shape index (κ3) is 4.43. The number of carboxylic acids is 1. The van der Waals surface area contributed by atoms with E-state index >= 15 is 0 Å². The second kappa shape index (κ2) is 5.94. The van der Waals surface area contributed by atoms with Crippen molar-refractivity contribution in [2.45, 2.75) is 17.1 Å². The molecular formula is C9H12N2O5S2. The van der Waals surface area contributed by atoms with Crippen LogP contribution in [-0.4, -0.2) is 31.9 Å². The van der Waals surface area contributed by atoms with E-state index in [2.05, 4.69) is 4.72 Å². The maximum absolute atomic E-state index is 11.7. The number of hydrogen-bond acceptors (Lipinski definition) is 5. The van der Waals surface area contributed by atoms with Crippen molar-refractivity contribution < 1.29 is 23.1 Å². The number of primary amides is 1. The number of amides is 1. The summed E-state index contributed by atoms with van der Waals surface area (Å²) in [4.78, 5) is 21.4. The molecule has 0 bridgehead atoms. The highest BCUT2D eigenvalue weighted by Crippen LogP contribution is 2.21. The highest BCUT2D eigenvalue weighted by atomic mass is 32.2. The van der Waals surface area contributed by atoms with Crippen LogP contribution in [0.1, 0.15) is 11.3 Å². The van der Waals surface area contributed by atoms with Gasteiger partial charge in [-0.1, -0.05) is 0 Å². The quantitative estimate of drug-likeness (QED) is 0.626. The molecule has 0 spiro atoms. The van der Waals surface area contributed by atoms with Gasteiger partial charge in [-0.15, -0.1) is 11.3 Å². The van der Waals surface area contributed by atoms with E-state index in [4.69, 9.17) is 10.8 Å². The van der Waals surface area contributed by atoms with E-state index in [0.717, 1.165) is 11.3 Å². The minimum atomic E-state index is -3.70. The molecule has 0 aromatic carbocycles. The van der Waals surface area contributed by atoms with Crippen LogP contribution in [0.2, 0.25) is 0 Å². The summed E-state index contributed by atoms with van der Waals surface area (Å²) < 4.78 is 25.6. The Balaban J connectivity index is 2.70. The van der Waals surface area contributed by atoms with Gasteiger partial charge in [0.2, 0.25) is 15.9 Å². The van der Waals surface area contributed by atoms with Crippen LogP contribution in [-0.2, 0) is 26.0 Å². The fourth-order valence-electron chi connectivity index (χ4n) is 1.13. The Labute approximate surface area is 108 Å². The normalized spacial score (nSPS) is 11.3. The lowest BCUT2D eigenvalue weighted by atomic mass is 10.3. The number of carbonyl (C=O) groups excluding carboxylic acids is 1. The average molecular weight is 292 g/mol. The van der Waals surface area contributed by atoms with Crippen LogP contribution in [0, 0.1) is 0 Å². The van der Waals surface area contributed by atoms with Crippen molar-refractivity contribution in [1.82, 2.24) is 4.72 Å². The first-order valence-electron chi connectivity index (χ1n) is 4.90. The second-order valence-corrected chi connectivity index (χ2v) is 6.57. The van der Waals surface area contributed by atoms with Gasteiger partial charge in [-0.25, -0.2) is 13.1 Å². The third-order valence-electron chi connectivity index (χ3n) is 1.89. The molecule has 1 amide bonds. The summed E-state index contributed by atoms with van der Waals surface area (Å²) in [6, 6.07) is 2.77. The van der Waals surface area contributed by atoms with E-state index in [1.165, 1.54) is 12.1 Å². The number of aliphatic carboxylic acids is 1. The van der Waals surface area contributed by atoms with Crippen molar-refractivity contribution in [2.24, 2.45) is 5.73 Å². The van der Waals surface area contributed by atoms with Gasteiger partial charge in [0.15, 0.2) is 0 Å². The zero-order chi connectivity index (χ0) is 13.8. The van der Waals surface area contributed by atoms with Crippen LogP contribution >= 0.6 is 11.3 Å². The summed E-state index contributed by atoms with van der Waals surface area (Å²) in [5, 5.41) is 8.57. The predicted molar refractivity (Wildman–Crippen MR) is 64.7 cm³/mol. The van der Waals surface area contributed by atoms with Gasteiger partial charge < -0.3 is 10.8 Å². The first kappa shape index (κ1) is 14.6. The van der Waals surface area contributed by atoms with Gasteiger partial charge in [0.25, 0.3) is 0 Å². The van der Waals surface area contributed by atoms with Crippen LogP contribution in [0.15, 0.2) is 16.3 Å². The maximum Gasteiger partial charge on any atom is 0.308 e. The summed E-state index contributed by atoms with van der Waals surface area (Å²) in [7, 11) is -3.70. The largest absolute Gasteiger partial charge is 0.481 e. The molecule has 18 heavy (non-hydrogen) atoms. The van der Waals surface area contributed by atoms with Crippen molar-refractivity contribution in [3.63, 3.8) is 0 Å². The smallest absolute Gasteiger partial charge is 0.308 e. The number of carbonyl (C=O) groups is 2. The molecule has 0 radical (unpaired) electrons. The van der Waals surface area contributed by atoms with Crippen LogP contribution in [0.4, 0.5) is 0 Å². The molecule has 0 unspecified atom stereocenters. The molecular weight excluding hydrogens is 280 g/mol. The Hall–Kier alpha value is -1.45. The van der Waals surface area contributed by atoms with Gasteiger partial charge in [-0.05, 0) is 12.1 Å². The van der Waals surface area contributed by atoms with Crippen molar-refractivity contribution in [1.29, 1.82) is 0 Å². The van der Waals surface area contributed by atoms with Gasteiger partial charge in [-0.3, -0.25) is 9.59 Å². The van der Waals surface area contributed by atoms with Gasteiger partial charge >= 0.3 is 5.97 Å². The van der Waals surface area contributed by atoms with Crippen molar-refractivity contribution in [2.75, 3.05) is 6.54 Å². The SMILES string of the molecule is NC(=O)CCNS(=O)(=O)c1ccc(CC(=O)O)s1. The second-order valence-electron chi connectivity index (χ2n) is 3.41. The number of nitrogens with two attached hydrogens (primary N) is 1. The topological polar surface area (TPSA) is 127 Å². The predicted octanol–water partition coefficient (Wildman–Crippen LogP) is -0.471. The zero-order valence-corrected chi connectivity index (χ0v) is 10.9. The highest BCUT2D eigenvalue weighted by molar-refractivity contribution is 7.91. The molecule has 1 aromatic heterocycles. The van der Waals surface area contributed by atoms with E-state index < -0.39 is 21.9 Å². The fraction of sp³-hybridized carbons (Fsp3) is 0.333. The van der Waals surface area contributed by atoms with Gasteiger partial charge in [0.1, 0.15) is 4.21 Å². The monoisotopic (exact) mass is 292 g/mol. The first-order chi connectivity index (χ1) is 8.31. The molecule has 7 nitrogen and oxygen atoms in total. The molecule has 100 valence electrons. The molecule has 0 fully saturated rings. The fourth-order valence-corrected chi connectivity index (χ4v) is 3.55. The molecule has 0 saturated heterocycles. The summed E-state index contributed by atoms with van der Waals surface area (Å²) in [6.45, 7) is -0.0795. The van der Waals surface area contributed by atoms with E-state index in [-0.39, 0.29) is 23.6 Å². The van der Waals surface area contributed by atoms with Crippen LogP contribution in [0.5, 0.6) is 0 Å². The lowest BCUT2D eigenvalue weighted by molar-refractivity contribution is -0.136. The molecule has 1 heterocycles. The Morgan fingerprint density at radius 1 is 1.39 bits per heavy atom. The molecule has 1 aromatic rings. The van der Waals surface area contributed by atoms with E-state index in [1.807, 2.05) is 0 Å². The Kier molecular flexibility index (Phi) is 4.82. The number of thiophene rings is 1. The number of nitrogens with one attached hydrogen (secondary N) is 1. The van der Waals surface area contributed by atoms with Gasteiger partial charge in [-0.2, -0.15) is 0 Å².